The van der Waals surface area contributed by atoms with Gasteiger partial charge >= 0.3 is 0 Å². The van der Waals surface area contributed by atoms with Gasteiger partial charge in [-0.1, -0.05) is 32.1 Å². The molecule has 1 aliphatic carbocycles. The Morgan fingerprint density at radius 1 is 0.781 bits per heavy atom. The smallest absolute Gasteiger partial charge is 0.229 e. The van der Waals surface area contributed by atoms with E-state index in [-0.39, 0.29) is 6.10 Å². The Labute approximate surface area is 191 Å². The molecule has 32 heavy (non-hydrogen) atoms. The summed E-state index contributed by atoms with van der Waals surface area (Å²) in [4.78, 5) is 13.8. The molecule has 10 heteroatoms. The maximum Gasteiger partial charge on any atom is 0.229 e. The molecule has 1 aromatic rings. The van der Waals surface area contributed by atoms with Crippen LogP contribution < -0.4 is 21.7 Å². The summed E-state index contributed by atoms with van der Waals surface area (Å²) in [5, 5.41) is 10.1. The van der Waals surface area contributed by atoms with Gasteiger partial charge in [-0.05, 0) is 25.7 Å². The Balaban J connectivity index is 1.51. The Hall–Kier alpha value is -1.75. The molecule has 1 saturated carbocycles. The lowest BCUT2D eigenvalue weighted by molar-refractivity contribution is 0.0547. The van der Waals surface area contributed by atoms with E-state index in [1.807, 2.05) is 0 Å². The first-order valence-electron chi connectivity index (χ1n) is 12.3. The van der Waals surface area contributed by atoms with Crippen LogP contribution in [0.5, 0.6) is 0 Å². The second-order valence-electron chi connectivity index (χ2n) is 8.45. The molecule has 3 rings (SSSR count). The van der Waals surface area contributed by atoms with Crippen molar-refractivity contribution in [2.24, 2.45) is 5.73 Å². The highest BCUT2D eigenvalue weighted by Gasteiger charge is 2.17. The average Bonchev–Trinajstić information content (AvgIpc) is 3.30. The van der Waals surface area contributed by atoms with Crippen molar-refractivity contribution in [1.82, 2.24) is 15.0 Å². The Bertz CT molecular complexity index is 624. The minimum absolute atomic E-state index is 0.222. The van der Waals surface area contributed by atoms with E-state index in [0.717, 1.165) is 32.3 Å². The fourth-order valence-electron chi connectivity index (χ4n) is 4.03. The van der Waals surface area contributed by atoms with Gasteiger partial charge < -0.3 is 35.9 Å². The Morgan fingerprint density at radius 3 is 2.19 bits per heavy atom. The van der Waals surface area contributed by atoms with E-state index in [2.05, 4.69) is 30.9 Å². The summed E-state index contributed by atoms with van der Waals surface area (Å²) in [6.45, 7) is 4.88. The molecule has 1 unspecified atom stereocenters. The lowest BCUT2D eigenvalue weighted by Crippen LogP contribution is -2.24. The third-order valence-electron chi connectivity index (χ3n) is 5.75. The molecule has 0 aromatic carbocycles. The molecule has 2 aliphatic rings. The van der Waals surface area contributed by atoms with Crippen LogP contribution in [-0.2, 0) is 14.2 Å². The van der Waals surface area contributed by atoms with Crippen molar-refractivity contribution in [3.63, 3.8) is 0 Å². The van der Waals surface area contributed by atoms with E-state index in [9.17, 15) is 0 Å². The van der Waals surface area contributed by atoms with E-state index in [4.69, 9.17) is 19.9 Å². The Kier molecular flexibility index (Phi) is 11.8. The van der Waals surface area contributed by atoms with E-state index in [1.54, 1.807) is 0 Å². The van der Waals surface area contributed by atoms with Crippen molar-refractivity contribution in [2.75, 3.05) is 68.6 Å². The fraction of sp³-hybridized carbons (Fsp3) is 0.864. The third-order valence-corrected chi connectivity index (χ3v) is 5.75. The predicted octanol–water partition coefficient (Wildman–Crippen LogP) is 2.39. The van der Waals surface area contributed by atoms with Gasteiger partial charge in [0.05, 0.1) is 32.5 Å². The van der Waals surface area contributed by atoms with Crippen LogP contribution >= 0.6 is 0 Å². The molecule has 0 bridgehead atoms. The zero-order valence-corrected chi connectivity index (χ0v) is 19.3. The number of nitrogens with one attached hydrogen (secondary N) is 3. The van der Waals surface area contributed by atoms with Gasteiger partial charge in [0.25, 0.3) is 0 Å². The van der Waals surface area contributed by atoms with E-state index < -0.39 is 0 Å². The Morgan fingerprint density at radius 2 is 1.47 bits per heavy atom. The summed E-state index contributed by atoms with van der Waals surface area (Å²) in [5.74, 6) is 1.74. The molecule has 0 radical (unpaired) electrons. The summed E-state index contributed by atoms with van der Waals surface area (Å²) in [5.41, 5.74) is 5.40. The highest BCUT2D eigenvalue weighted by atomic mass is 16.5. The van der Waals surface area contributed by atoms with Crippen LogP contribution in [0, 0.1) is 0 Å². The average molecular weight is 452 g/mol. The van der Waals surface area contributed by atoms with Crippen LogP contribution in [0.25, 0.3) is 0 Å². The van der Waals surface area contributed by atoms with E-state index in [1.165, 1.54) is 32.1 Å². The molecular formula is C22H41N7O3. The molecule has 0 spiro atoms. The molecule has 0 amide bonds. The minimum Gasteiger partial charge on any atom is -0.378 e. The van der Waals surface area contributed by atoms with Crippen molar-refractivity contribution in [1.29, 1.82) is 0 Å². The van der Waals surface area contributed by atoms with Gasteiger partial charge in [-0.2, -0.15) is 15.0 Å². The zero-order valence-electron chi connectivity index (χ0n) is 19.3. The largest absolute Gasteiger partial charge is 0.378 e. The first kappa shape index (κ1) is 24.9. The molecule has 10 nitrogen and oxygen atoms in total. The van der Waals surface area contributed by atoms with Crippen LogP contribution in [0.2, 0.25) is 0 Å². The molecule has 2 heterocycles. The van der Waals surface area contributed by atoms with Crippen molar-refractivity contribution >= 4 is 17.8 Å². The van der Waals surface area contributed by atoms with Crippen LogP contribution in [0.3, 0.4) is 0 Å². The summed E-state index contributed by atoms with van der Waals surface area (Å²) in [6.07, 6.45) is 11.2. The maximum absolute atomic E-state index is 5.71. The topological polar surface area (TPSA) is 128 Å². The second kappa shape index (κ2) is 15.2. The van der Waals surface area contributed by atoms with Gasteiger partial charge in [0.15, 0.2) is 0 Å². The zero-order chi connectivity index (χ0) is 22.3. The van der Waals surface area contributed by atoms with Crippen LogP contribution in [-0.4, -0.2) is 79.8 Å². The SMILES string of the molecule is NCCOCCOCCNc1nc(NCC2CCCO2)nc(NC2CCCCCCC2)n1. The highest BCUT2D eigenvalue weighted by Crippen LogP contribution is 2.20. The number of nitrogens with zero attached hydrogens (tertiary/aromatic N) is 3. The summed E-state index contributed by atoms with van der Waals surface area (Å²) >= 11 is 0. The molecule has 1 aliphatic heterocycles. The number of aromatic nitrogens is 3. The van der Waals surface area contributed by atoms with Gasteiger partial charge in [0.1, 0.15) is 0 Å². The minimum atomic E-state index is 0.222. The molecule has 2 fully saturated rings. The van der Waals surface area contributed by atoms with Crippen molar-refractivity contribution in [2.45, 2.75) is 69.9 Å². The van der Waals surface area contributed by atoms with Crippen molar-refractivity contribution in [3.8, 4) is 0 Å². The predicted molar refractivity (Wildman–Crippen MR) is 126 cm³/mol. The second-order valence-corrected chi connectivity index (χ2v) is 8.45. The van der Waals surface area contributed by atoms with Gasteiger partial charge in [0.2, 0.25) is 17.8 Å². The van der Waals surface area contributed by atoms with E-state index in [0.29, 0.717) is 69.9 Å². The number of ether oxygens (including phenoxy) is 3. The first-order chi connectivity index (χ1) is 15.8. The van der Waals surface area contributed by atoms with Gasteiger partial charge in [-0.25, -0.2) is 0 Å². The molecule has 182 valence electrons. The lowest BCUT2D eigenvalue weighted by atomic mass is 9.97. The van der Waals surface area contributed by atoms with Crippen molar-refractivity contribution < 1.29 is 14.2 Å². The van der Waals surface area contributed by atoms with Crippen LogP contribution in [0.15, 0.2) is 0 Å². The van der Waals surface area contributed by atoms with Crippen LogP contribution in [0.4, 0.5) is 17.8 Å². The first-order valence-corrected chi connectivity index (χ1v) is 12.3. The summed E-state index contributed by atoms with van der Waals surface area (Å²) in [7, 11) is 0. The monoisotopic (exact) mass is 451 g/mol. The molecule has 1 aromatic heterocycles. The highest BCUT2D eigenvalue weighted by molar-refractivity contribution is 5.42. The standard InChI is InChI=1S/C22H41N7O3/c23-10-13-30-15-16-31-14-11-24-20-27-21(25-17-19-9-6-12-32-19)29-22(28-20)26-18-7-4-2-1-3-5-8-18/h18-19H,1-17,23H2,(H3,24,25,26,27,28,29). The van der Waals surface area contributed by atoms with Gasteiger partial charge in [-0.15, -0.1) is 0 Å². The summed E-state index contributed by atoms with van der Waals surface area (Å²) < 4.78 is 16.6. The number of rotatable bonds is 14. The number of anilines is 3. The van der Waals surface area contributed by atoms with Gasteiger partial charge in [-0.3, -0.25) is 0 Å². The number of hydrogen-bond donors (Lipinski definition) is 4. The number of nitrogens with two attached hydrogens (primary N) is 1. The maximum atomic E-state index is 5.71. The fourth-order valence-corrected chi connectivity index (χ4v) is 4.03. The summed E-state index contributed by atoms with van der Waals surface area (Å²) in [6, 6.07) is 0.411. The quantitative estimate of drug-likeness (QED) is 0.313. The van der Waals surface area contributed by atoms with E-state index >= 15 is 0 Å². The lowest BCUT2D eigenvalue weighted by Gasteiger charge is -2.21. The molecule has 5 N–H and O–H groups in total. The molecule has 1 saturated heterocycles. The number of hydrogen-bond acceptors (Lipinski definition) is 10. The van der Waals surface area contributed by atoms with Gasteiger partial charge in [0, 0.05) is 32.3 Å². The normalized spacial score (nSPS) is 20.0. The molecule has 1 atom stereocenters. The third kappa shape index (κ3) is 9.81. The molecular weight excluding hydrogens is 410 g/mol. The van der Waals surface area contributed by atoms with Crippen molar-refractivity contribution in [3.05, 3.63) is 0 Å². The van der Waals surface area contributed by atoms with Crippen LogP contribution in [0.1, 0.15) is 57.8 Å².